The minimum atomic E-state index is -0.663. The fourth-order valence-electron chi connectivity index (χ4n) is 2.29. The van der Waals surface area contributed by atoms with Crippen molar-refractivity contribution in [2.24, 2.45) is 0 Å². The van der Waals surface area contributed by atoms with Gasteiger partial charge in [0.2, 0.25) is 5.82 Å². The first-order valence-corrected chi connectivity index (χ1v) is 8.73. The van der Waals surface area contributed by atoms with Crippen LogP contribution in [0.25, 0.3) is 11.4 Å². The lowest BCUT2D eigenvalue weighted by atomic mass is 10.1. The maximum absolute atomic E-state index is 12.4. The number of carbonyl (C=O) groups is 2. The van der Waals surface area contributed by atoms with Crippen molar-refractivity contribution in [3.05, 3.63) is 47.9 Å². The molecule has 3 aromatic rings. The molecule has 3 N–H and O–H groups in total. The lowest BCUT2D eigenvalue weighted by Gasteiger charge is -2.19. The number of tetrazole rings is 1. The first-order valence-electron chi connectivity index (χ1n) is 8.73. The summed E-state index contributed by atoms with van der Waals surface area (Å²) in [7, 11) is 0. The molecule has 2 amide bonds. The number of rotatable bonds is 5. The third kappa shape index (κ3) is 5.79. The summed E-state index contributed by atoms with van der Waals surface area (Å²) in [5, 5.41) is 19.0. The second-order valence-corrected chi connectivity index (χ2v) is 7.03. The Hall–Kier alpha value is -3.89. The number of nitrogens with one attached hydrogen (secondary N) is 3. The van der Waals surface area contributed by atoms with E-state index < -0.39 is 17.6 Å². The van der Waals surface area contributed by atoms with Crippen molar-refractivity contribution in [2.75, 3.05) is 5.32 Å². The first kappa shape index (κ1) is 19.9. The number of aromatic amines is 1. The summed E-state index contributed by atoms with van der Waals surface area (Å²) in [6.07, 6.45) is 0.533. The third-order valence-corrected chi connectivity index (χ3v) is 3.54. The second kappa shape index (κ2) is 8.42. The second-order valence-electron chi connectivity index (χ2n) is 7.03. The number of hydrogen-bond acceptors (Lipinski definition) is 8. The molecule has 3 rings (SSSR count). The molecule has 0 spiro atoms. The summed E-state index contributed by atoms with van der Waals surface area (Å²) in [4.78, 5) is 32.0. The summed E-state index contributed by atoms with van der Waals surface area (Å²) >= 11 is 0. The highest BCUT2D eigenvalue weighted by molar-refractivity contribution is 5.93. The normalized spacial score (nSPS) is 11.0. The lowest BCUT2D eigenvalue weighted by molar-refractivity contribution is 0.0635. The molecule has 1 aromatic carbocycles. The highest BCUT2D eigenvalue weighted by Gasteiger charge is 2.17. The Bertz CT molecular complexity index is 981. The number of nitrogens with zero attached hydrogens (tertiary/aromatic N) is 5. The van der Waals surface area contributed by atoms with Crippen LogP contribution in [-0.2, 0) is 11.3 Å². The van der Waals surface area contributed by atoms with Crippen LogP contribution in [0, 0.1) is 0 Å². The van der Waals surface area contributed by atoms with Gasteiger partial charge in [-0.3, -0.25) is 10.1 Å². The van der Waals surface area contributed by atoms with E-state index in [2.05, 4.69) is 41.2 Å². The molecular weight excluding hydrogens is 376 g/mol. The van der Waals surface area contributed by atoms with Gasteiger partial charge in [0.1, 0.15) is 23.4 Å². The maximum Gasteiger partial charge on any atom is 0.413 e. The summed E-state index contributed by atoms with van der Waals surface area (Å²) < 4.78 is 5.16. The molecule has 11 nitrogen and oxygen atoms in total. The van der Waals surface area contributed by atoms with Crippen LogP contribution in [0.4, 0.5) is 10.6 Å². The molecule has 0 saturated heterocycles. The van der Waals surface area contributed by atoms with Gasteiger partial charge in [0.05, 0.1) is 0 Å². The van der Waals surface area contributed by atoms with Crippen LogP contribution in [0.5, 0.6) is 0 Å². The number of ether oxygens (including phenoxy) is 1. The fourth-order valence-corrected chi connectivity index (χ4v) is 2.29. The average molecular weight is 396 g/mol. The Balaban J connectivity index is 1.57. The van der Waals surface area contributed by atoms with Gasteiger partial charge in [-0.2, -0.15) is 5.21 Å². The highest BCUT2D eigenvalue weighted by Crippen LogP contribution is 2.14. The average Bonchev–Trinajstić information content (AvgIpc) is 3.20. The molecule has 2 aromatic heterocycles. The van der Waals surface area contributed by atoms with Crippen LogP contribution in [-0.4, -0.2) is 48.2 Å². The molecule has 0 aliphatic carbocycles. The van der Waals surface area contributed by atoms with Crippen LogP contribution in [0.2, 0.25) is 0 Å². The quantitative estimate of drug-likeness (QED) is 0.592. The molecule has 150 valence electrons. The Labute approximate surface area is 166 Å². The third-order valence-electron chi connectivity index (χ3n) is 3.54. The van der Waals surface area contributed by atoms with Crippen LogP contribution in [0.1, 0.15) is 36.8 Å². The molecule has 0 fully saturated rings. The molecule has 0 saturated carbocycles. The number of benzene rings is 1. The van der Waals surface area contributed by atoms with Gasteiger partial charge in [-0.05, 0) is 31.5 Å². The van der Waals surface area contributed by atoms with Crippen LogP contribution in [0.3, 0.4) is 0 Å². The van der Waals surface area contributed by atoms with Crippen LogP contribution in [0.15, 0.2) is 36.7 Å². The molecule has 0 aliphatic rings. The smallest absolute Gasteiger partial charge is 0.413 e. The largest absolute Gasteiger partial charge is 0.444 e. The summed E-state index contributed by atoms with van der Waals surface area (Å²) in [6.45, 7) is 5.55. The van der Waals surface area contributed by atoms with Gasteiger partial charge in [0.25, 0.3) is 5.91 Å². The Morgan fingerprint density at radius 2 is 1.90 bits per heavy atom. The molecule has 0 radical (unpaired) electrons. The van der Waals surface area contributed by atoms with E-state index in [9.17, 15) is 9.59 Å². The SMILES string of the molecule is CC(C)(C)OC(=O)Nc1cc(C(=O)NCc2ccc(-c3nn[nH]n3)cc2)ncn1. The van der Waals surface area contributed by atoms with Gasteiger partial charge in [-0.1, -0.05) is 24.3 Å². The number of anilines is 1. The predicted molar refractivity (Wildman–Crippen MR) is 103 cm³/mol. The Morgan fingerprint density at radius 3 is 2.55 bits per heavy atom. The zero-order valence-electron chi connectivity index (χ0n) is 16.1. The van der Waals surface area contributed by atoms with Crippen molar-refractivity contribution in [3.8, 4) is 11.4 Å². The van der Waals surface area contributed by atoms with Crippen LogP contribution >= 0.6 is 0 Å². The van der Waals surface area contributed by atoms with E-state index in [1.54, 1.807) is 20.8 Å². The molecule has 2 heterocycles. The summed E-state index contributed by atoms with van der Waals surface area (Å²) in [5.41, 5.74) is 1.17. The predicted octanol–water partition coefficient (Wildman–Crippen LogP) is 1.93. The zero-order chi connectivity index (χ0) is 20.9. The van der Waals surface area contributed by atoms with Crippen LogP contribution < -0.4 is 10.6 Å². The van der Waals surface area contributed by atoms with Gasteiger partial charge >= 0.3 is 6.09 Å². The van der Waals surface area contributed by atoms with E-state index in [0.717, 1.165) is 11.1 Å². The van der Waals surface area contributed by atoms with E-state index in [0.29, 0.717) is 12.4 Å². The number of aromatic nitrogens is 6. The lowest BCUT2D eigenvalue weighted by Crippen LogP contribution is -2.28. The number of H-pyrrole nitrogens is 1. The molecular formula is C18H20N8O3. The molecule has 0 atom stereocenters. The molecule has 11 heteroatoms. The van der Waals surface area contributed by atoms with Crippen molar-refractivity contribution in [1.82, 2.24) is 35.9 Å². The maximum atomic E-state index is 12.4. The first-order chi connectivity index (χ1) is 13.8. The molecule has 0 aliphatic heterocycles. The molecule has 0 bridgehead atoms. The molecule has 29 heavy (non-hydrogen) atoms. The van der Waals surface area contributed by atoms with Crippen molar-refractivity contribution >= 4 is 17.8 Å². The Morgan fingerprint density at radius 1 is 1.14 bits per heavy atom. The minimum Gasteiger partial charge on any atom is -0.444 e. The van der Waals surface area contributed by atoms with E-state index in [-0.39, 0.29) is 11.5 Å². The van der Waals surface area contributed by atoms with Crippen molar-refractivity contribution in [2.45, 2.75) is 32.9 Å². The van der Waals surface area contributed by atoms with Crippen molar-refractivity contribution in [3.63, 3.8) is 0 Å². The van der Waals surface area contributed by atoms with E-state index >= 15 is 0 Å². The Kier molecular flexibility index (Phi) is 5.77. The van der Waals surface area contributed by atoms with E-state index in [1.165, 1.54) is 12.4 Å². The number of carbonyl (C=O) groups excluding carboxylic acids is 2. The zero-order valence-corrected chi connectivity index (χ0v) is 16.1. The van der Waals surface area contributed by atoms with Gasteiger partial charge in [0.15, 0.2) is 0 Å². The minimum absolute atomic E-state index is 0.120. The summed E-state index contributed by atoms with van der Waals surface area (Å²) in [6, 6.07) is 8.74. The van der Waals surface area contributed by atoms with Gasteiger partial charge in [-0.25, -0.2) is 14.8 Å². The monoisotopic (exact) mass is 396 g/mol. The van der Waals surface area contributed by atoms with E-state index in [4.69, 9.17) is 4.74 Å². The number of amides is 2. The molecule has 0 unspecified atom stereocenters. The van der Waals surface area contributed by atoms with Crippen molar-refractivity contribution < 1.29 is 14.3 Å². The van der Waals surface area contributed by atoms with Crippen molar-refractivity contribution in [1.29, 1.82) is 0 Å². The topological polar surface area (TPSA) is 148 Å². The van der Waals surface area contributed by atoms with Gasteiger partial charge in [-0.15, -0.1) is 10.2 Å². The fraction of sp³-hybridized carbons (Fsp3) is 0.278. The number of hydrogen-bond donors (Lipinski definition) is 3. The highest BCUT2D eigenvalue weighted by atomic mass is 16.6. The summed E-state index contributed by atoms with van der Waals surface area (Å²) in [5.74, 6) is 0.261. The standard InChI is InChI=1S/C18H20N8O3/c1-18(2,3)29-17(28)22-14-8-13(20-10-21-14)16(27)19-9-11-4-6-12(7-5-11)15-23-25-26-24-15/h4-8,10H,9H2,1-3H3,(H,19,27)(H,20,21,22,28)(H,23,24,25,26). The van der Waals surface area contributed by atoms with Gasteiger partial charge < -0.3 is 10.1 Å². The van der Waals surface area contributed by atoms with Gasteiger partial charge in [0, 0.05) is 18.2 Å². The van der Waals surface area contributed by atoms with E-state index in [1.807, 2.05) is 24.3 Å².